The molecule has 1 saturated carbocycles. The molecule has 0 unspecified atom stereocenters. The van der Waals surface area contributed by atoms with Crippen LogP contribution in [0.1, 0.15) is 51.0 Å². The van der Waals surface area contributed by atoms with Gasteiger partial charge in [-0.2, -0.15) is 0 Å². The summed E-state index contributed by atoms with van der Waals surface area (Å²) in [5.74, 6) is 1.83. The van der Waals surface area contributed by atoms with Gasteiger partial charge in [-0.15, -0.1) is 0 Å². The Morgan fingerprint density at radius 3 is 2.72 bits per heavy atom. The number of aryl methyl sites for hydroxylation is 1. The molecule has 1 aromatic heterocycles. The fourth-order valence-corrected chi connectivity index (χ4v) is 2.90. The molecule has 3 nitrogen and oxygen atoms in total. The summed E-state index contributed by atoms with van der Waals surface area (Å²) >= 11 is 5.84. The fourth-order valence-electron chi connectivity index (χ4n) is 2.76. The van der Waals surface area contributed by atoms with Crippen LogP contribution in [0.2, 0.25) is 5.28 Å². The van der Waals surface area contributed by atoms with Crippen molar-refractivity contribution in [1.29, 1.82) is 0 Å². The molecule has 1 aliphatic rings. The quantitative estimate of drug-likeness (QED) is 0.831. The van der Waals surface area contributed by atoms with Crippen LogP contribution in [0, 0.1) is 12.8 Å². The van der Waals surface area contributed by atoms with E-state index in [4.69, 9.17) is 11.6 Å². The van der Waals surface area contributed by atoms with Crippen molar-refractivity contribution in [3.05, 3.63) is 17.0 Å². The molecule has 0 saturated heterocycles. The van der Waals surface area contributed by atoms with Gasteiger partial charge in [0, 0.05) is 17.8 Å². The van der Waals surface area contributed by atoms with E-state index < -0.39 is 0 Å². The third-order valence-electron chi connectivity index (χ3n) is 3.83. The number of nitrogens with zero attached hydrogens (tertiary/aromatic N) is 2. The lowest BCUT2D eigenvalue weighted by Crippen LogP contribution is -2.27. The second-order valence-corrected chi connectivity index (χ2v) is 5.66. The summed E-state index contributed by atoms with van der Waals surface area (Å²) in [6, 6.07) is 0.544. The van der Waals surface area contributed by atoms with Crippen molar-refractivity contribution >= 4 is 17.4 Å². The zero-order valence-electron chi connectivity index (χ0n) is 11.2. The monoisotopic (exact) mass is 267 g/mol. The van der Waals surface area contributed by atoms with E-state index in [1.165, 1.54) is 38.5 Å². The second-order valence-electron chi connectivity index (χ2n) is 5.32. The van der Waals surface area contributed by atoms with Crippen LogP contribution >= 0.6 is 11.6 Å². The van der Waals surface area contributed by atoms with E-state index in [0.717, 1.165) is 17.3 Å². The molecule has 2 rings (SSSR count). The van der Waals surface area contributed by atoms with Gasteiger partial charge in [-0.05, 0) is 50.1 Å². The lowest BCUT2D eigenvalue weighted by Gasteiger charge is -2.29. The van der Waals surface area contributed by atoms with E-state index in [1.54, 1.807) is 6.20 Å². The molecule has 4 heteroatoms. The second kappa shape index (κ2) is 6.37. The Kier molecular flexibility index (Phi) is 4.81. The van der Waals surface area contributed by atoms with Crippen molar-refractivity contribution < 1.29 is 0 Å². The van der Waals surface area contributed by atoms with Gasteiger partial charge in [0.1, 0.15) is 5.82 Å². The van der Waals surface area contributed by atoms with Crippen LogP contribution in [0.25, 0.3) is 0 Å². The molecule has 0 aromatic carbocycles. The van der Waals surface area contributed by atoms with Gasteiger partial charge in [0.25, 0.3) is 0 Å². The van der Waals surface area contributed by atoms with E-state index in [2.05, 4.69) is 22.2 Å². The minimum absolute atomic E-state index is 0.322. The number of halogens is 1. The Morgan fingerprint density at radius 2 is 2.06 bits per heavy atom. The van der Waals surface area contributed by atoms with Crippen molar-refractivity contribution in [2.75, 3.05) is 5.32 Å². The Balaban J connectivity index is 1.89. The molecule has 1 fully saturated rings. The van der Waals surface area contributed by atoms with Crippen LogP contribution in [0.3, 0.4) is 0 Å². The summed E-state index contributed by atoms with van der Waals surface area (Å²) in [6.45, 7) is 4.29. The first kappa shape index (κ1) is 13.6. The molecule has 100 valence electrons. The zero-order chi connectivity index (χ0) is 13.0. The molecule has 18 heavy (non-hydrogen) atoms. The van der Waals surface area contributed by atoms with Gasteiger partial charge >= 0.3 is 0 Å². The highest BCUT2D eigenvalue weighted by molar-refractivity contribution is 6.28. The van der Waals surface area contributed by atoms with Crippen molar-refractivity contribution in [3.8, 4) is 0 Å². The molecule has 0 atom stereocenters. The van der Waals surface area contributed by atoms with E-state index in [1.807, 2.05) is 6.92 Å². The fraction of sp³-hybridized carbons (Fsp3) is 0.714. The Morgan fingerprint density at radius 1 is 1.33 bits per heavy atom. The molecule has 1 aromatic rings. The average Bonchev–Trinajstić information content (AvgIpc) is 2.37. The van der Waals surface area contributed by atoms with Gasteiger partial charge in [0.05, 0.1) is 0 Å². The molecule has 1 N–H and O–H groups in total. The summed E-state index contributed by atoms with van der Waals surface area (Å²) in [5.41, 5.74) is 1.06. The van der Waals surface area contributed by atoms with E-state index in [9.17, 15) is 0 Å². The van der Waals surface area contributed by atoms with Crippen molar-refractivity contribution in [1.82, 2.24) is 9.97 Å². The summed E-state index contributed by atoms with van der Waals surface area (Å²) in [4.78, 5) is 8.25. The van der Waals surface area contributed by atoms with Gasteiger partial charge in [0.2, 0.25) is 5.28 Å². The van der Waals surface area contributed by atoms with Crippen molar-refractivity contribution in [2.45, 2.75) is 58.4 Å². The molecule has 1 aliphatic carbocycles. The largest absolute Gasteiger partial charge is 0.367 e. The third-order valence-corrected chi connectivity index (χ3v) is 4.01. The SMILES string of the molecule is CCCC1CCC(Nc2nc(Cl)ncc2C)CC1. The molecular formula is C14H22ClN3. The Bertz CT molecular complexity index is 387. The zero-order valence-corrected chi connectivity index (χ0v) is 12.0. The first-order valence-corrected chi connectivity index (χ1v) is 7.32. The standard InChI is InChI=1S/C14H22ClN3/c1-3-4-11-5-7-12(8-6-11)17-13-10(2)9-16-14(15)18-13/h9,11-12H,3-8H2,1-2H3,(H,16,17,18). The molecule has 1 heterocycles. The summed E-state index contributed by atoms with van der Waals surface area (Å²) in [7, 11) is 0. The topological polar surface area (TPSA) is 37.8 Å². The van der Waals surface area contributed by atoms with Crippen LogP contribution in [-0.4, -0.2) is 16.0 Å². The lowest BCUT2D eigenvalue weighted by atomic mass is 9.83. The van der Waals surface area contributed by atoms with Crippen molar-refractivity contribution in [2.24, 2.45) is 5.92 Å². The maximum absolute atomic E-state index is 5.84. The predicted molar refractivity (Wildman–Crippen MR) is 76.1 cm³/mol. The number of rotatable bonds is 4. The van der Waals surface area contributed by atoms with Crippen LogP contribution in [0.15, 0.2) is 6.20 Å². The minimum Gasteiger partial charge on any atom is -0.367 e. The smallest absolute Gasteiger partial charge is 0.224 e. The van der Waals surface area contributed by atoms with E-state index >= 15 is 0 Å². The maximum atomic E-state index is 5.84. The highest BCUT2D eigenvalue weighted by atomic mass is 35.5. The highest BCUT2D eigenvalue weighted by Gasteiger charge is 2.21. The lowest BCUT2D eigenvalue weighted by molar-refractivity contribution is 0.318. The minimum atomic E-state index is 0.322. The first-order valence-electron chi connectivity index (χ1n) is 6.94. The predicted octanol–water partition coefficient (Wildman–Crippen LogP) is 4.21. The number of nitrogens with one attached hydrogen (secondary N) is 1. The van der Waals surface area contributed by atoms with Crippen LogP contribution < -0.4 is 5.32 Å². The van der Waals surface area contributed by atoms with Gasteiger partial charge in [-0.3, -0.25) is 0 Å². The van der Waals surface area contributed by atoms with E-state index in [0.29, 0.717) is 11.3 Å². The molecule has 0 aliphatic heterocycles. The highest BCUT2D eigenvalue weighted by Crippen LogP contribution is 2.29. The normalized spacial score (nSPS) is 23.9. The van der Waals surface area contributed by atoms with Gasteiger partial charge in [-0.25, -0.2) is 9.97 Å². The average molecular weight is 268 g/mol. The van der Waals surface area contributed by atoms with E-state index in [-0.39, 0.29) is 0 Å². The third kappa shape index (κ3) is 3.58. The van der Waals surface area contributed by atoms with Crippen molar-refractivity contribution in [3.63, 3.8) is 0 Å². The molecule has 0 radical (unpaired) electrons. The summed E-state index contributed by atoms with van der Waals surface area (Å²) in [5, 5.41) is 3.84. The molecule has 0 amide bonds. The number of hydrogen-bond donors (Lipinski definition) is 1. The Labute approximate surface area is 114 Å². The van der Waals surface area contributed by atoms with Gasteiger partial charge in [-0.1, -0.05) is 19.8 Å². The Hall–Kier alpha value is -0.830. The van der Waals surface area contributed by atoms with Crippen LogP contribution in [-0.2, 0) is 0 Å². The molecule has 0 spiro atoms. The van der Waals surface area contributed by atoms with Gasteiger partial charge < -0.3 is 5.32 Å². The number of aromatic nitrogens is 2. The maximum Gasteiger partial charge on any atom is 0.224 e. The number of anilines is 1. The molecular weight excluding hydrogens is 246 g/mol. The summed E-state index contributed by atoms with van der Waals surface area (Å²) < 4.78 is 0. The van der Waals surface area contributed by atoms with Crippen LogP contribution in [0.4, 0.5) is 5.82 Å². The number of hydrogen-bond acceptors (Lipinski definition) is 3. The first-order chi connectivity index (χ1) is 8.69. The van der Waals surface area contributed by atoms with Crippen LogP contribution in [0.5, 0.6) is 0 Å². The molecule has 0 bridgehead atoms. The van der Waals surface area contributed by atoms with Gasteiger partial charge in [0.15, 0.2) is 0 Å². The summed E-state index contributed by atoms with van der Waals surface area (Å²) in [6.07, 6.45) is 9.62.